The molecule has 4 aromatic rings. The second-order valence-electron chi connectivity index (χ2n) is 5.20. The van der Waals surface area contributed by atoms with E-state index in [0.29, 0.717) is 11.4 Å². The van der Waals surface area contributed by atoms with E-state index in [1.54, 1.807) is 11.3 Å². The molecule has 0 amide bonds. The first-order valence-corrected chi connectivity index (χ1v) is 7.99. The van der Waals surface area contributed by atoms with Crippen molar-refractivity contribution in [3.05, 3.63) is 60.2 Å². The normalized spacial score (nSPS) is 11.2. The molecule has 0 bridgehead atoms. The van der Waals surface area contributed by atoms with E-state index < -0.39 is 5.97 Å². The first-order chi connectivity index (χ1) is 11.2. The number of carbonyl (C=O) groups excluding carboxylic acids is 1. The van der Waals surface area contributed by atoms with Gasteiger partial charge in [-0.3, -0.25) is 4.40 Å². The van der Waals surface area contributed by atoms with E-state index in [9.17, 15) is 4.79 Å². The third-order valence-corrected chi connectivity index (χ3v) is 5.07. The number of methoxy groups -OCH3 is 1. The molecule has 5 heteroatoms. The Balaban J connectivity index is 2.19. The van der Waals surface area contributed by atoms with Crippen LogP contribution in [0.15, 0.2) is 54.6 Å². The molecule has 0 saturated heterocycles. The third-order valence-electron chi connectivity index (χ3n) is 3.93. The number of thiazole rings is 1. The van der Waals surface area contributed by atoms with Crippen LogP contribution in [0.1, 0.15) is 10.4 Å². The fourth-order valence-corrected chi connectivity index (χ4v) is 4.15. The van der Waals surface area contributed by atoms with Gasteiger partial charge in [-0.2, -0.15) is 0 Å². The maximum absolute atomic E-state index is 12.3. The number of carbonyl (C=O) groups is 1. The van der Waals surface area contributed by atoms with Gasteiger partial charge in [-0.05, 0) is 17.7 Å². The maximum Gasteiger partial charge on any atom is 0.342 e. The van der Waals surface area contributed by atoms with Crippen LogP contribution in [0.25, 0.3) is 26.2 Å². The Kier molecular flexibility index (Phi) is 3.09. The van der Waals surface area contributed by atoms with E-state index in [2.05, 4.69) is 6.07 Å². The van der Waals surface area contributed by atoms with E-state index in [1.165, 1.54) is 7.11 Å². The van der Waals surface area contributed by atoms with Crippen molar-refractivity contribution in [3.63, 3.8) is 0 Å². The van der Waals surface area contributed by atoms with E-state index in [4.69, 9.17) is 10.5 Å². The average molecular weight is 322 g/mol. The number of ether oxygens (including phenoxy) is 1. The van der Waals surface area contributed by atoms with E-state index in [-0.39, 0.29) is 0 Å². The number of hydrogen-bond acceptors (Lipinski definition) is 4. The second kappa shape index (κ2) is 5.14. The van der Waals surface area contributed by atoms with Crippen LogP contribution in [0.2, 0.25) is 0 Å². The van der Waals surface area contributed by atoms with Crippen LogP contribution in [0.3, 0.4) is 0 Å². The van der Waals surface area contributed by atoms with Gasteiger partial charge in [0.05, 0.1) is 17.3 Å². The molecule has 0 aliphatic rings. The first kappa shape index (κ1) is 13.8. The number of benzene rings is 2. The summed E-state index contributed by atoms with van der Waals surface area (Å²) in [7, 11) is 1.38. The number of aromatic nitrogens is 1. The minimum atomic E-state index is -0.415. The fourth-order valence-electron chi connectivity index (χ4n) is 2.92. The lowest BCUT2D eigenvalue weighted by atomic mass is 10.0. The first-order valence-electron chi connectivity index (χ1n) is 7.17. The molecule has 0 radical (unpaired) electrons. The number of nitrogens with two attached hydrogens (primary N) is 1. The highest BCUT2D eigenvalue weighted by atomic mass is 32.1. The zero-order valence-electron chi connectivity index (χ0n) is 12.4. The SMILES string of the molecule is COC(=O)c1c(-c2ccccc2)c2sc3ccccc3n2c1N. The number of para-hydroxylation sites is 1. The zero-order valence-corrected chi connectivity index (χ0v) is 13.3. The molecule has 0 aliphatic carbocycles. The summed E-state index contributed by atoms with van der Waals surface area (Å²) in [6, 6.07) is 17.8. The van der Waals surface area contributed by atoms with Crippen LogP contribution in [0.4, 0.5) is 5.82 Å². The van der Waals surface area contributed by atoms with Crippen LogP contribution in [0, 0.1) is 0 Å². The Morgan fingerprint density at radius 1 is 1.09 bits per heavy atom. The van der Waals surface area contributed by atoms with Crippen LogP contribution in [0.5, 0.6) is 0 Å². The lowest BCUT2D eigenvalue weighted by molar-refractivity contribution is 0.0603. The molecule has 114 valence electrons. The number of anilines is 1. The van der Waals surface area contributed by atoms with E-state index >= 15 is 0 Å². The summed E-state index contributed by atoms with van der Waals surface area (Å²) in [5, 5.41) is 0. The molecule has 0 saturated carbocycles. The van der Waals surface area contributed by atoms with Crippen molar-refractivity contribution >= 4 is 38.2 Å². The number of esters is 1. The van der Waals surface area contributed by atoms with Crippen molar-refractivity contribution in [2.75, 3.05) is 12.8 Å². The van der Waals surface area contributed by atoms with Gasteiger partial charge in [0.2, 0.25) is 0 Å². The minimum absolute atomic E-state index is 0.415. The van der Waals surface area contributed by atoms with Gasteiger partial charge < -0.3 is 10.5 Å². The molecule has 0 aliphatic heterocycles. The standard InChI is InChI=1S/C18H14N2O2S/c1-22-18(21)15-14(11-7-3-2-4-8-11)17-20(16(15)19)12-9-5-6-10-13(12)23-17/h2-10H,19H2,1H3. The number of fused-ring (bicyclic) bond motifs is 3. The minimum Gasteiger partial charge on any atom is -0.465 e. The molecule has 0 atom stereocenters. The summed E-state index contributed by atoms with van der Waals surface area (Å²) >= 11 is 1.62. The average Bonchev–Trinajstić information content (AvgIpc) is 3.10. The smallest absolute Gasteiger partial charge is 0.342 e. The Hall–Kier alpha value is -2.79. The van der Waals surface area contributed by atoms with Gasteiger partial charge in [0.15, 0.2) is 0 Å². The molecular weight excluding hydrogens is 308 g/mol. The zero-order chi connectivity index (χ0) is 16.0. The second-order valence-corrected chi connectivity index (χ2v) is 6.23. The number of hydrogen-bond donors (Lipinski definition) is 1. The molecule has 2 heterocycles. The Bertz CT molecular complexity index is 1030. The predicted molar refractivity (Wildman–Crippen MR) is 94.0 cm³/mol. The highest BCUT2D eigenvalue weighted by molar-refractivity contribution is 7.24. The third kappa shape index (κ3) is 1.94. The largest absolute Gasteiger partial charge is 0.465 e. The Morgan fingerprint density at radius 2 is 1.78 bits per heavy atom. The van der Waals surface area contributed by atoms with E-state index in [1.807, 2.05) is 52.9 Å². The molecule has 2 aromatic heterocycles. The summed E-state index contributed by atoms with van der Waals surface area (Å²) < 4.78 is 8.03. The highest BCUT2D eigenvalue weighted by Crippen LogP contribution is 2.41. The van der Waals surface area contributed by atoms with Crippen molar-refractivity contribution in [2.45, 2.75) is 0 Å². The summed E-state index contributed by atoms with van der Waals surface area (Å²) in [5.41, 5.74) is 9.54. The topological polar surface area (TPSA) is 56.7 Å². The summed E-state index contributed by atoms with van der Waals surface area (Å²) in [5.74, 6) is 0.00415. The lowest BCUT2D eigenvalue weighted by Gasteiger charge is -2.04. The number of nitrogens with zero attached hydrogens (tertiary/aromatic N) is 1. The Labute approximate surface area is 136 Å². The summed E-state index contributed by atoms with van der Waals surface area (Å²) in [4.78, 5) is 13.3. The van der Waals surface area contributed by atoms with Gasteiger partial charge in [0.25, 0.3) is 0 Å². The Morgan fingerprint density at radius 3 is 2.52 bits per heavy atom. The molecule has 0 spiro atoms. The van der Waals surface area contributed by atoms with Crippen molar-refractivity contribution in [1.82, 2.24) is 4.40 Å². The highest BCUT2D eigenvalue weighted by Gasteiger charge is 2.26. The predicted octanol–water partition coefficient (Wildman–Crippen LogP) is 4.19. The van der Waals surface area contributed by atoms with Crippen molar-refractivity contribution in [1.29, 1.82) is 0 Å². The fraction of sp³-hybridized carbons (Fsp3) is 0.0556. The molecule has 23 heavy (non-hydrogen) atoms. The quantitative estimate of drug-likeness (QED) is 0.563. The van der Waals surface area contributed by atoms with Crippen molar-refractivity contribution in [2.24, 2.45) is 0 Å². The van der Waals surface area contributed by atoms with Gasteiger partial charge in [-0.15, -0.1) is 11.3 Å². The van der Waals surface area contributed by atoms with Crippen molar-refractivity contribution < 1.29 is 9.53 Å². The van der Waals surface area contributed by atoms with Gasteiger partial charge in [0, 0.05) is 5.56 Å². The van der Waals surface area contributed by atoms with Crippen molar-refractivity contribution in [3.8, 4) is 11.1 Å². The van der Waals surface area contributed by atoms with Gasteiger partial charge in [-0.25, -0.2) is 4.79 Å². The summed E-state index contributed by atoms with van der Waals surface area (Å²) in [6.45, 7) is 0. The van der Waals surface area contributed by atoms with Crippen LogP contribution in [-0.2, 0) is 4.74 Å². The van der Waals surface area contributed by atoms with E-state index in [0.717, 1.165) is 26.2 Å². The molecule has 0 fully saturated rings. The lowest BCUT2D eigenvalue weighted by Crippen LogP contribution is -2.06. The maximum atomic E-state index is 12.3. The van der Waals surface area contributed by atoms with Gasteiger partial charge in [0.1, 0.15) is 16.2 Å². The monoisotopic (exact) mass is 322 g/mol. The number of nitrogen functional groups attached to an aromatic ring is 1. The molecule has 4 rings (SSSR count). The molecule has 0 unspecified atom stereocenters. The molecule has 4 nitrogen and oxygen atoms in total. The van der Waals surface area contributed by atoms with Crippen LogP contribution < -0.4 is 5.73 Å². The van der Waals surface area contributed by atoms with Gasteiger partial charge >= 0.3 is 5.97 Å². The molecule has 2 aromatic carbocycles. The van der Waals surface area contributed by atoms with Crippen LogP contribution >= 0.6 is 11.3 Å². The molecular formula is C18H14N2O2S. The van der Waals surface area contributed by atoms with Crippen LogP contribution in [-0.4, -0.2) is 17.5 Å². The molecule has 2 N–H and O–H groups in total. The number of rotatable bonds is 2. The van der Waals surface area contributed by atoms with Gasteiger partial charge in [-0.1, -0.05) is 42.5 Å². The summed E-state index contributed by atoms with van der Waals surface area (Å²) in [6.07, 6.45) is 0.